The second-order valence-corrected chi connectivity index (χ2v) is 5.82. The summed E-state index contributed by atoms with van der Waals surface area (Å²) in [5.74, 6) is -0.0419. The number of carbonyl (C=O) groups is 2. The Morgan fingerprint density at radius 1 is 1.32 bits per heavy atom. The lowest BCUT2D eigenvalue weighted by atomic mass is 9.97. The van der Waals surface area contributed by atoms with Crippen molar-refractivity contribution in [2.75, 3.05) is 19.6 Å². The van der Waals surface area contributed by atoms with Gasteiger partial charge in [-0.05, 0) is 49.4 Å². The van der Waals surface area contributed by atoms with Crippen molar-refractivity contribution < 1.29 is 14.0 Å². The maximum absolute atomic E-state index is 12.9. The minimum Gasteiger partial charge on any atom is -0.356 e. The number of nitrogens with one attached hydrogen (secondary N) is 1. The van der Waals surface area contributed by atoms with E-state index in [1.54, 1.807) is 4.90 Å². The zero-order chi connectivity index (χ0) is 15.9. The summed E-state index contributed by atoms with van der Waals surface area (Å²) in [5, 5.41) is 2.93. The smallest absolute Gasteiger partial charge is 0.253 e. The molecule has 1 heterocycles. The lowest BCUT2D eigenvalue weighted by Crippen LogP contribution is -2.43. The number of benzene rings is 1. The molecule has 0 aliphatic carbocycles. The van der Waals surface area contributed by atoms with Crippen molar-refractivity contribution in [2.45, 2.75) is 32.6 Å². The molecule has 0 radical (unpaired) electrons. The van der Waals surface area contributed by atoms with Gasteiger partial charge in [0.2, 0.25) is 5.91 Å². The van der Waals surface area contributed by atoms with Crippen LogP contribution in [0.15, 0.2) is 24.3 Å². The van der Waals surface area contributed by atoms with E-state index in [0.29, 0.717) is 31.0 Å². The number of nitrogens with zero attached hydrogens (tertiary/aromatic N) is 1. The number of halogens is 1. The van der Waals surface area contributed by atoms with E-state index in [9.17, 15) is 14.0 Å². The van der Waals surface area contributed by atoms with Gasteiger partial charge in [-0.1, -0.05) is 6.92 Å². The van der Waals surface area contributed by atoms with Gasteiger partial charge in [0.05, 0.1) is 0 Å². The van der Waals surface area contributed by atoms with E-state index in [4.69, 9.17) is 0 Å². The second kappa shape index (κ2) is 7.92. The molecule has 0 aromatic heterocycles. The molecule has 1 N–H and O–H groups in total. The normalized spacial score (nSPS) is 18.1. The Hall–Kier alpha value is -1.91. The minimum atomic E-state index is -0.341. The van der Waals surface area contributed by atoms with E-state index < -0.39 is 0 Å². The molecule has 5 heteroatoms. The number of likely N-dealkylation sites (tertiary alicyclic amines) is 1. The fourth-order valence-corrected chi connectivity index (χ4v) is 2.76. The van der Waals surface area contributed by atoms with Crippen LogP contribution in [0.4, 0.5) is 4.39 Å². The van der Waals surface area contributed by atoms with E-state index in [1.165, 1.54) is 24.3 Å². The quantitative estimate of drug-likeness (QED) is 0.909. The van der Waals surface area contributed by atoms with Crippen molar-refractivity contribution in [1.82, 2.24) is 10.2 Å². The van der Waals surface area contributed by atoms with Gasteiger partial charge in [-0.25, -0.2) is 4.39 Å². The second-order valence-electron chi connectivity index (χ2n) is 5.82. The number of hydrogen-bond donors (Lipinski definition) is 1. The largest absolute Gasteiger partial charge is 0.356 e. The summed E-state index contributed by atoms with van der Waals surface area (Å²) in [7, 11) is 0. The fourth-order valence-electron chi connectivity index (χ4n) is 2.76. The maximum atomic E-state index is 12.9. The predicted molar refractivity (Wildman–Crippen MR) is 82.9 cm³/mol. The van der Waals surface area contributed by atoms with Crippen LogP contribution in [0.1, 0.15) is 43.0 Å². The molecular weight excluding hydrogens is 283 g/mol. The van der Waals surface area contributed by atoms with Crippen LogP contribution in [0.3, 0.4) is 0 Å². The average Bonchev–Trinajstić information content (AvgIpc) is 2.53. The summed E-state index contributed by atoms with van der Waals surface area (Å²) in [6.45, 7) is 3.95. The first-order valence-electron chi connectivity index (χ1n) is 7.91. The van der Waals surface area contributed by atoms with Gasteiger partial charge in [-0.2, -0.15) is 0 Å². The van der Waals surface area contributed by atoms with Crippen LogP contribution in [-0.2, 0) is 4.79 Å². The first kappa shape index (κ1) is 16.5. The molecule has 2 rings (SSSR count). The number of carbonyl (C=O) groups excluding carboxylic acids is 2. The van der Waals surface area contributed by atoms with E-state index in [-0.39, 0.29) is 17.6 Å². The van der Waals surface area contributed by atoms with Gasteiger partial charge in [-0.3, -0.25) is 9.59 Å². The summed E-state index contributed by atoms with van der Waals surface area (Å²) >= 11 is 0. The Morgan fingerprint density at radius 2 is 2.05 bits per heavy atom. The zero-order valence-electron chi connectivity index (χ0n) is 13.0. The Labute approximate surface area is 130 Å². The SMILES string of the molecule is CCCC(=O)NCC1CCCN(C(=O)c2ccc(F)cc2)C1. The van der Waals surface area contributed by atoms with Gasteiger partial charge < -0.3 is 10.2 Å². The maximum Gasteiger partial charge on any atom is 0.253 e. The molecule has 120 valence electrons. The summed E-state index contributed by atoms with van der Waals surface area (Å²) in [6, 6.07) is 5.65. The molecule has 2 amide bonds. The lowest BCUT2D eigenvalue weighted by Gasteiger charge is -2.33. The highest BCUT2D eigenvalue weighted by molar-refractivity contribution is 5.94. The molecule has 4 nitrogen and oxygen atoms in total. The molecule has 1 fully saturated rings. The Morgan fingerprint density at radius 3 is 2.73 bits per heavy atom. The Balaban J connectivity index is 1.88. The third-order valence-electron chi connectivity index (χ3n) is 3.96. The van der Waals surface area contributed by atoms with Crippen LogP contribution in [0.25, 0.3) is 0 Å². The van der Waals surface area contributed by atoms with Crippen LogP contribution in [-0.4, -0.2) is 36.3 Å². The van der Waals surface area contributed by atoms with Gasteiger partial charge in [0.25, 0.3) is 5.91 Å². The number of amides is 2. The summed E-state index contributed by atoms with van der Waals surface area (Å²) in [5.41, 5.74) is 0.511. The molecule has 1 saturated heterocycles. The third kappa shape index (κ3) is 4.55. The van der Waals surface area contributed by atoms with Crippen molar-refractivity contribution in [3.05, 3.63) is 35.6 Å². The summed E-state index contributed by atoms with van der Waals surface area (Å²) in [4.78, 5) is 25.7. The molecular formula is C17H23FN2O2. The molecule has 0 saturated carbocycles. The highest BCUT2D eigenvalue weighted by atomic mass is 19.1. The Kier molecular flexibility index (Phi) is 5.92. The monoisotopic (exact) mass is 306 g/mol. The lowest BCUT2D eigenvalue weighted by molar-refractivity contribution is -0.121. The van der Waals surface area contributed by atoms with Crippen molar-refractivity contribution >= 4 is 11.8 Å². The van der Waals surface area contributed by atoms with Gasteiger partial charge in [-0.15, -0.1) is 0 Å². The standard InChI is InChI=1S/C17H23FN2O2/c1-2-4-16(21)19-11-13-5-3-10-20(12-13)17(22)14-6-8-15(18)9-7-14/h6-9,13H,2-5,10-12H2,1H3,(H,19,21). The molecule has 1 aliphatic heterocycles. The van der Waals surface area contributed by atoms with E-state index in [0.717, 1.165) is 25.8 Å². The van der Waals surface area contributed by atoms with E-state index in [2.05, 4.69) is 5.32 Å². The van der Waals surface area contributed by atoms with E-state index in [1.807, 2.05) is 6.92 Å². The van der Waals surface area contributed by atoms with Crippen LogP contribution in [0.2, 0.25) is 0 Å². The molecule has 0 bridgehead atoms. The number of hydrogen-bond acceptors (Lipinski definition) is 2. The number of rotatable bonds is 5. The molecule has 1 aliphatic rings. The molecule has 22 heavy (non-hydrogen) atoms. The molecule has 1 atom stereocenters. The number of piperidine rings is 1. The molecule has 1 aromatic rings. The van der Waals surface area contributed by atoms with Gasteiger partial charge in [0.15, 0.2) is 0 Å². The van der Waals surface area contributed by atoms with Crippen LogP contribution in [0, 0.1) is 11.7 Å². The topological polar surface area (TPSA) is 49.4 Å². The Bertz CT molecular complexity index is 516. The summed E-state index contributed by atoms with van der Waals surface area (Å²) in [6.07, 6.45) is 3.33. The first-order valence-corrected chi connectivity index (χ1v) is 7.91. The van der Waals surface area contributed by atoms with Crippen molar-refractivity contribution in [1.29, 1.82) is 0 Å². The van der Waals surface area contributed by atoms with E-state index >= 15 is 0 Å². The summed E-state index contributed by atoms with van der Waals surface area (Å²) < 4.78 is 12.9. The van der Waals surface area contributed by atoms with Crippen molar-refractivity contribution in [2.24, 2.45) is 5.92 Å². The molecule has 0 spiro atoms. The van der Waals surface area contributed by atoms with Crippen molar-refractivity contribution in [3.8, 4) is 0 Å². The average molecular weight is 306 g/mol. The van der Waals surface area contributed by atoms with Crippen LogP contribution < -0.4 is 5.32 Å². The molecule has 1 unspecified atom stereocenters. The van der Waals surface area contributed by atoms with Gasteiger partial charge in [0.1, 0.15) is 5.82 Å². The van der Waals surface area contributed by atoms with Crippen LogP contribution >= 0.6 is 0 Å². The van der Waals surface area contributed by atoms with Crippen molar-refractivity contribution in [3.63, 3.8) is 0 Å². The highest BCUT2D eigenvalue weighted by Gasteiger charge is 2.24. The first-order chi connectivity index (χ1) is 10.6. The van der Waals surface area contributed by atoms with Crippen LogP contribution in [0.5, 0.6) is 0 Å². The fraction of sp³-hybridized carbons (Fsp3) is 0.529. The predicted octanol–water partition coefficient (Wildman–Crippen LogP) is 2.59. The third-order valence-corrected chi connectivity index (χ3v) is 3.96. The minimum absolute atomic E-state index is 0.0652. The van der Waals surface area contributed by atoms with Gasteiger partial charge >= 0.3 is 0 Å². The zero-order valence-corrected chi connectivity index (χ0v) is 13.0. The van der Waals surface area contributed by atoms with Gasteiger partial charge in [0, 0.05) is 31.6 Å². The highest BCUT2D eigenvalue weighted by Crippen LogP contribution is 2.18. The molecule has 1 aromatic carbocycles.